The largest absolute Gasteiger partial charge is 0.497 e. The number of halogens is 4. The summed E-state index contributed by atoms with van der Waals surface area (Å²) in [5, 5.41) is 0. The molecule has 1 N–H and O–H groups in total. The summed E-state index contributed by atoms with van der Waals surface area (Å²) in [5.74, 6) is -3.72. The van der Waals surface area contributed by atoms with Crippen molar-refractivity contribution < 1.29 is 22.3 Å². The van der Waals surface area contributed by atoms with E-state index in [0.717, 1.165) is 4.57 Å². The standard InChI is InChI=1S/C11H10F4N2OS/c1-18-6-2-3-7-8(4-6)17(10(19)16-7)5-11(14,15)9(12)13/h2-4,9H,5H2,1H3,(H,16,19). The van der Waals surface area contributed by atoms with Crippen LogP contribution < -0.4 is 4.74 Å². The van der Waals surface area contributed by atoms with Crippen LogP contribution in [0.1, 0.15) is 0 Å². The fourth-order valence-electron chi connectivity index (χ4n) is 1.70. The Bertz CT molecular complexity index is 650. The first-order chi connectivity index (χ1) is 8.85. The van der Waals surface area contributed by atoms with E-state index in [1.54, 1.807) is 12.1 Å². The van der Waals surface area contributed by atoms with E-state index in [9.17, 15) is 17.6 Å². The van der Waals surface area contributed by atoms with Gasteiger partial charge in [-0.1, -0.05) is 0 Å². The van der Waals surface area contributed by atoms with E-state index in [2.05, 4.69) is 4.98 Å². The third kappa shape index (κ3) is 2.58. The highest BCUT2D eigenvalue weighted by molar-refractivity contribution is 7.71. The monoisotopic (exact) mass is 294 g/mol. The molecule has 0 radical (unpaired) electrons. The van der Waals surface area contributed by atoms with Gasteiger partial charge in [0.2, 0.25) is 0 Å². The van der Waals surface area contributed by atoms with Gasteiger partial charge in [-0.25, -0.2) is 8.78 Å². The predicted octanol–water partition coefficient (Wildman–Crippen LogP) is 3.61. The van der Waals surface area contributed by atoms with Crippen molar-refractivity contribution in [3.63, 3.8) is 0 Å². The van der Waals surface area contributed by atoms with Crippen molar-refractivity contribution in [2.75, 3.05) is 7.11 Å². The number of rotatable bonds is 4. The Kier molecular flexibility index (Phi) is 3.53. The maximum absolute atomic E-state index is 13.1. The number of benzene rings is 1. The molecule has 0 fully saturated rings. The molecule has 3 nitrogen and oxygen atoms in total. The molecular weight excluding hydrogens is 284 g/mol. The number of methoxy groups -OCH3 is 1. The van der Waals surface area contributed by atoms with Crippen LogP contribution >= 0.6 is 12.2 Å². The molecule has 8 heteroatoms. The molecule has 104 valence electrons. The molecule has 0 aliphatic rings. The second kappa shape index (κ2) is 4.84. The van der Waals surface area contributed by atoms with Crippen molar-refractivity contribution in [2.45, 2.75) is 18.9 Å². The minimum absolute atomic E-state index is 0.0384. The minimum atomic E-state index is -4.14. The van der Waals surface area contributed by atoms with Gasteiger partial charge in [0.1, 0.15) is 5.75 Å². The van der Waals surface area contributed by atoms with Crippen molar-refractivity contribution in [1.82, 2.24) is 9.55 Å². The molecule has 0 atom stereocenters. The van der Waals surface area contributed by atoms with Crippen LogP contribution in [0.4, 0.5) is 17.6 Å². The molecule has 0 aliphatic heterocycles. The fraction of sp³-hybridized carbons (Fsp3) is 0.364. The van der Waals surface area contributed by atoms with Crippen molar-refractivity contribution >= 4 is 23.3 Å². The summed E-state index contributed by atoms with van der Waals surface area (Å²) in [5.41, 5.74) is 0.778. The van der Waals surface area contributed by atoms with E-state index in [1.807, 2.05) is 0 Å². The Morgan fingerprint density at radius 1 is 1.42 bits per heavy atom. The first-order valence-corrected chi connectivity index (χ1v) is 5.68. The molecular formula is C11H10F4N2OS. The highest BCUT2D eigenvalue weighted by Gasteiger charge is 2.41. The van der Waals surface area contributed by atoms with E-state index >= 15 is 0 Å². The molecule has 1 aromatic heterocycles. The fourth-order valence-corrected chi connectivity index (χ4v) is 1.97. The molecule has 0 unspecified atom stereocenters. The number of nitrogens with zero attached hydrogens (tertiary/aromatic N) is 1. The molecule has 0 saturated carbocycles. The average Bonchev–Trinajstić information content (AvgIpc) is 2.64. The third-order valence-corrected chi connectivity index (χ3v) is 2.99. The van der Waals surface area contributed by atoms with Gasteiger partial charge in [-0.2, -0.15) is 8.78 Å². The van der Waals surface area contributed by atoms with Crippen LogP contribution in [0.2, 0.25) is 0 Å². The molecule has 0 aliphatic carbocycles. The summed E-state index contributed by atoms with van der Waals surface area (Å²) >= 11 is 4.88. The maximum Gasteiger partial charge on any atom is 0.324 e. The maximum atomic E-state index is 13.1. The number of imidazole rings is 1. The summed E-state index contributed by atoms with van der Waals surface area (Å²) in [4.78, 5) is 2.68. The highest BCUT2D eigenvalue weighted by atomic mass is 32.1. The van der Waals surface area contributed by atoms with Crippen LogP contribution in [-0.2, 0) is 6.54 Å². The molecule has 0 spiro atoms. The number of aromatic amines is 1. The van der Waals surface area contributed by atoms with Gasteiger partial charge in [0, 0.05) is 6.07 Å². The second-order valence-corrected chi connectivity index (χ2v) is 4.35. The van der Waals surface area contributed by atoms with Crippen LogP contribution in [0, 0.1) is 4.77 Å². The number of hydrogen-bond acceptors (Lipinski definition) is 2. The summed E-state index contributed by atoms with van der Waals surface area (Å²) in [6.07, 6.45) is -3.75. The molecule has 0 amide bonds. The van der Waals surface area contributed by atoms with Crippen LogP contribution in [0.25, 0.3) is 11.0 Å². The Hall–Kier alpha value is -1.57. The lowest BCUT2D eigenvalue weighted by atomic mass is 10.3. The first-order valence-electron chi connectivity index (χ1n) is 5.27. The van der Waals surface area contributed by atoms with Gasteiger partial charge in [0.25, 0.3) is 0 Å². The average molecular weight is 294 g/mol. The zero-order valence-electron chi connectivity index (χ0n) is 9.79. The zero-order valence-corrected chi connectivity index (χ0v) is 10.6. The smallest absolute Gasteiger partial charge is 0.324 e. The van der Waals surface area contributed by atoms with E-state index in [1.165, 1.54) is 13.2 Å². The van der Waals surface area contributed by atoms with Crippen molar-refractivity contribution in [3.05, 3.63) is 23.0 Å². The topological polar surface area (TPSA) is 29.9 Å². The van der Waals surface area contributed by atoms with Gasteiger partial charge >= 0.3 is 12.3 Å². The van der Waals surface area contributed by atoms with Crippen LogP contribution in [0.15, 0.2) is 18.2 Å². The molecule has 2 aromatic rings. The predicted molar refractivity (Wildman–Crippen MR) is 64.6 cm³/mol. The van der Waals surface area contributed by atoms with Crippen molar-refractivity contribution in [3.8, 4) is 5.75 Å². The molecule has 1 aromatic carbocycles. The van der Waals surface area contributed by atoms with E-state index in [-0.39, 0.29) is 4.77 Å². The van der Waals surface area contributed by atoms with Crippen LogP contribution in [0.5, 0.6) is 5.75 Å². The number of fused-ring (bicyclic) bond motifs is 1. The lowest BCUT2D eigenvalue weighted by Gasteiger charge is -2.16. The van der Waals surface area contributed by atoms with E-state index in [0.29, 0.717) is 16.8 Å². The summed E-state index contributed by atoms with van der Waals surface area (Å²) in [6, 6.07) is 4.66. The van der Waals surface area contributed by atoms with Gasteiger partial charge in [-0.15, -0.1) is 0 Å². The third-order valence-electron chi connectivity index (χ3n) is 2.67. The van der Waals surface area contributed by atoms with Gasteiger partial charge in [-0.3, -0.25) is 0 Å². The number of nitrogens with one attached hydrogen (secondary N) is 1. The lowest BCUT2D eigenvalue weighted by molar-refractivity contribution is -0.137. The summed E-state index contributed by atoms with van der Waals surface area (Å²) < 4.78 is 56.6. The number of hydrogen-bond donors (Lipinski definition) is 1. The Morgan fingerprint density at radius 2 is 2.11 bits per heavy atom. The second-order valence-electron chi connectivity index (χ2n) is 3.96. The van der Waals surface area contributed by atoms with Crippen molar-refractivity contribution in [2.24, 2.45) is 0 Å². The molecule has 2 rings (SSSR count). The van der Waals surface area contributed by atoms with Gasteiger partial charge in [0.05, 0.1) is 24.7 Å². The van der Waals surface area contributed by atoms with Crippen molar-refractivity contribution in [1.29, 1.82) is 0 Å². The normalized spacial score (nSPS) is 12.3. The van der Waals surface area contributed by atoms with Crippen LogP contribution in [0.3, 0.4) is 0 Å². The van der Waals surface area contributed by atoms with E-state index in [4.69, 9.17) is 17.0 Å². The summed E-state index contributed by atoms with van der Waals surface area (Å²) in [7, 11) is 1.42. The molecule has 19 heavy (non-hydrogen) atoms. The quantitative estimate of drug-likeness (QED) is 0.689. The molecule has 1 heterocycles. The number of H-pyrrole nitrogens is 1. The zero-order chi connectivity index (χ0) is 14.2. The Labute approximate surface area is 110 Å². The molecule has 0 saturated heterocycles. The van der Waals surface area contributed by atoms with Gasteiger partial charge in [0.15, 0.2) is 4.77 Å². The van der Waals surface area contributed by atoms with Gasteiger partial charge < -0.3 is 14.3 Å². The first kappa shape index (κ1) is 13.9. The van der Waals surface area contributed by atoms with E-state index < -0.39 is 18.9 Å². The number of alkyl halides is 4. The van der Waals surface area contributed by atoms with Gasteiger partial charge in [-0.05, 0) is 24.4 Å². The number of ether oxygens (including phenoxy) is 1. The minimum Gasteiger partial charge on any atom is -0.497 e. The number of aromatic nitrogens is 2. The van der Waals surface area contributed by atoms with Crippen LogP contribution in [-0.4, -0.2) is 29.0 Å². The summed E-state index contributed by atoms with van der Waals surface area (Å²) in [6.45, 7) is -1.18. The Morgan fingerprint density at radius 3 is 2.68 bits per heavy atom. The Balaban J connectivity index is 2.53. The molecule has 0 bridgehead atoms. The lowest BCUT2D eigenvalue weighted by Crippen LogP contribution is -2.32. The highest BCUT2D eigenvalue weighted by Crippen LogP contribution is 2.28. The SMILES string of the molecule is COc1ccc2[nH]c(=S)n(CC(F)(F)C(F)F)c2c1.